The normalized spacial score (nSPS) is 26.4. The number of amides is 1. The largest absolute Gasteiger partial charge is 0.364 e. The Labute approximate surface area is 140 Å². The van der Waals surface area contributed by atoms with Crippen molar-refractivity contribution in [3.8, 4) is 0 Å². The molecule has 0 aromatic heterocycles. The molecule has 0 aromatic rings. The quantitative estimate of drug-likeness (QED) is 0.832. The summed E-state index contributed by atoms with van der Waals surface area (Å²) in [5.41, 5.74) is 5.58. The number of rotatable bonds is 4. The third-order valence-electron chi connectivity index (χ3n) is 4.20. The highest BCUT2D eigenvalue weighted by atomic mass is 35.5. The minimum atomic E-state index is -0.237. The van der Waals surface area contributed by atoms with Gasteiger partial charge in [0.2, 0.25) is 0 Å². The number of hydrogen-bond donors (Lipinski definition) is 1. The Balaban J connectivity index is 0.00000200. The van der Waals surface area contributed by atoms with Crippen LogP contribution >= 0.6 is 24.8 Å². The molecule has 2 heterocycles. The van der Waals surface area contributed by atoms with E-state index in [4.69, 9.17) is 10.5 Å². The molecule has 0 aliphatic carbocycles. The Morgan fingerprint density at radius 3 is 2.29 bits per heavy atom. The van der Waals surface area contributed by atoms with E-state index in [9.17, 15) is 4.79 Å². The molecule has 0 aromatic carbocycles. The molecule has 0 radical (unpaired) electrons. The van der Waals surface area contributed by atoms with Crippen LogP contribution in [-0.4, -0.2) is 68.2 Å². The Morgan fingerprint density at radius 2 is 1.81 bits per heavy atom. The maximum absolute atomic E-state index is 12.3. The minimum absolute atomic E-state index is 0. The van der Waals surface area contributed by atoms with Gasteiger partial charge in [-0.3, -0.25) is 4.79 Å². The lowest BCUT2D eigenvalue weighted by atomic mass is 9.96. The number of piperidine rings is 1. The number of halogens is 2. The van der Waals surface area contributed by atoms with Gasteiger partial charge in [0, 0.05) is 26.2 Å². The lowest BCUT2D eigenvalue weighted by Crippen LogP contribution is -2.45. The highest BCUT2D eigenvalue weighted by Gasteiger charge is 2.34. The number of carbonyl (C=O) groups is 1. The van der Waals surface area contributed by atoms with Gasteiger partial charge in [-0.25, -0.2) is 0 Å². The molecule has 2 atom stereocenters. The highest BCUT2D eigenvalue weighted by Crippen LogP contribution is 2.24. The second-order valence-electron chi connectivity index (χ2n) is 6.09. The second-order valence-corrected chi connectivity index (χ2v) is 6.09. The second kappa shape index (κ2) is 9.85. The van der Waals surface area contributed by atoms with Gasteiger partial charge in [-0.1, -0.05) is 0 Å². The van der Waals surface area contributed by atoms with E-state index in [1.807, 2.05) is 4.90 Å². The summed E-state index contributed by atoms with van der Waals surface area (Å²) in [5.74, 6) is 0.902. The molecule has 2 fully saturated rings. The number of likely N-dealkylation sites (tertiary alicyclic amines) is 1. The third kappa shape index (κ3) is 5.91. The molecule has 0 bridgehead atoms. The van der Waals surface area contributed by atoms with E-state index in [1.165, 1.54) is 0 Å². The van der Waals surface area contributed by atoms with Crippen LogP contribution in [0.2, 0.25) is 0 Å². The molecule has 2 aliphatic rings. The Morgan fingerprint density at radius 1 is 1.19 bits per heavy atom. The molecule has 2 rings (SSSR count). The van der Waals surface area contributed by atoms with Crippen LogP contribution in [0.3, 0.4) is 0 Å². The van der Waals surface area contributed by atoms with Crippen molar-refractivity contribution in [3.63, 3.8) is 0 Å². The first-order valence-electron chi connectivity index (χ1n) is 7.39. The molecule has 0 spiro atoms. The standard InChI is InChI=1S/C14H27N3O2.2ClH/c1-16(2)10-11-5-7-17(8-6-11)14(18)13-4-3-12(9-15)19-13;;/h11-13H,3-10,15H2,1-2H3;2*1H/t12-,13+;;/m1../s1. The fourth-order valence-corrected chi connectivity index (χ4v) is 3.12. The van der Waals surface area contributed by atoms with Crippen LogP contribution in [0.5, 0.6) is 0 Å². The average Bonchev–Trinajstić information content (AvgIpc) is 2.87. The first kappa shape index (κ1) is 20.9. The summed E-state index contributed by atoms with van der Waals surface area (Å²) in [6.45, 7) is 3.40. The number of ether oxygens (including phenoxy) is 1. The van der Waals surface area contributed by atoms with Crippen molar-refractivity contribution in [2.24, 2.45) is 11.7 Å². The SMILES string of the molecule is CN(C)CC1CCN(C(=O)[C@@H]2CC[C@H](CN)O2)CC1.Cl.Cl. The molecule has 21 heavy (non-hydrogen) atoms. The zero-order valence-corrected chi connectivity index (χ0v) is 14.6. The van der Waals surface area contributed by atoms with E-state index in [0.29, 0.717) is 6.54 Å². The van der Waals surface area contributed by atoms with Crippen molar-refractivity contribution in [1.82, 2.24) is 9.80 Å². The Hall–Kier alpha value is -0.0700. The van der Waals surface area contributed by atoms with Crippen LogP contribution in [0.1, 0.15) is 25.7 Å². The van der Waals surface area contributed by atoms with Crippen molar-refractivity contribution in [1.29, 1.82) is 0 Å². The van der Waals surface area contributed by atoms with Crippen LogP contribution in [-0.2, 0) is 9.53 Å². The van der Waals surface area contributed by atoms with E-state index in [1.54, 1.807) is 0 Å². The molecule has 0 unspecified atom stereocenters. The predicted octanol–water partition coefficient (Wildman–Crippen LogP) is 1.14. The molecule has 5 nitrogen and oxygen atoms in total. The summed E-state index contributed by atoms with van der Waals surface area (Å²) in [7, 11) is 4.22. The fourth-order valence-electron chi connectivity index (χ4n) is 3.12. The molecule has 0 saturated carbocycles. The molecular formula is C14H29Cl2N3O2. The number of hydrogen-bond acceptors (Lipinski definition) is 4. The van der Waals surface area contributed by atoms with Gasteiger partial charge in [0.05, 0.1) is 6.10 Å². The van der Waals surface area contributed by atoms with Crippen LogP contribution in [0.25, 0.3) is 0 Å². The van der Waals surface area contributed by atoms with Gasteiger partial charge in [-0.05, 0) is 45.7 Å². The minimum Gasteiger partial charge on any atom is -0.364 e. The summed E-state index contributed by atoms with van der Waals surface area (Å²) in [5, 5.41) is 0. The van der Waals surface area contributed by atoms with E-state index >= 15 is 0 Å². The van der Waals surface area contributed by atoms with Crippen molar-refractivity contribution < 1.29 is 9.53 Å². The smallest absolute Gasteiger partial charge is 0.251 e. The summed E-state index contributed by atoms with van der Waals surface area (Å²) in [4.78, 5) is 16.6. The first-order valence-corrected chi connectivity index (χ1v) is 7.39. The summed E-state index contributed by atoms with van der Waals surface area (Å²) in [6.07, 6.45) is 3.81. The fraction of sp³-hybridized carbons (Fsp3) is 0.929. The van der Waals surface area contributed by atoms with Crippen LogP contribution in [0, 0.1) is 5.92 Å². The number of nitrogens with two attached hydrogens (primary N) is 1. The first-order chi connectivity index (χ1) is 9.10. The average molecular weight is 342 g/mol. The molecule has 126 valence electrons. The maximum atomic E-state index is 12.3. The molecule has 2 saturated heterocycles. The Bertz CT molecular complexity index is 311. The Kier molecular flexibility index (Phi) is 9.81. The van der Waals surface area contributed by atoms with Gasteiger partial charge in [0.1, 0.15) is 6.10 Å². The van der Waals surface area contributed by atoms with E-state index in [-0.39, 0.29) is 42.9 Å². The van der Waals surface area contributed by atoms with Crippen molar-refractivity contribution in [2.75, 3.05) is 40.3 Å². The monoisotopic (exact) mass is 341 g/mol. The molecule has 1 amide bonds. The van der Waals surface area contributed by atoms with Crippen LogP contribution < -0.4 is 5.73 Å². The summed E-state index contributed by atoms with van der Waals surface area (Å²) >= 11 is 0. The number of carbonyl (C=O) groups excluding carboxylic acids is 1. The molecular weight excluding hydrogens is 313 g/mol. The third-order valence-corrected chi connectivity index (χ3v) is 4.20. The number of nitrogens with zero attached hydrogens (tertiary/aromatic N) is 2. The zero-order chi connectivity index (χ0) is 13.8. The van der Waals surface area contributed by atoms with Crippen LogP contribution in [0.4, 0.5) is 0 Å². The highest BCUT2D eigenvalue weighted by molar-refractivity contribution is 5.85. The lowest BCUT2D eigenvalue weighted by Gasteiger charge is -2.34. The van der Waals surface area contributed by atoms with E-state index < -0.39 is 0 Å². The van der Waals surface area contributed by atoms with Gasteiger partial charge < -0.3 is 20.3 Å². The van der Waals surface area contributed by atoms with Gasteiger partial charge in [-0.15, -0.1) is 24.8 Å². The molecule has 2 N–H and O–H groups in total. The summed E-state index contributed by atoms with van der Waals surface area (Å²) < 4.78 is 5.69. The van der Waals surface area contributed by atoms with Gasteiger partial charge in [0.25, 0.3) is 5.91 Å². The molecule has 2 aliphatic heterocycles. The van der Waals surface area contributed by atoms with E-state index in [0.717, 1.165) is 51.2 Å². The van der Waals surface area contributed by atoms with E-state index in [2.05, 4.69) is 19.0 Å². The van der Waals surface area contributed by atoms with Gasteiger partial charge >= 0.3 is 0 Å². The predicted molar refractivity (Wildman–Crippen MR) is 89.3 cm³/mol. The summed E-state index contributed by atoms with van der Waals surface area (Å²) in [6, 6.07) is 0. The maximum Gasteiger partial charge on any atom is 0.251 e. The zero-order valence-electron chi connectivity index (χ0n) is 13.0. The molecule has 7 heteroatoms. The van der Waals surface area contributed by atoms with Gasteiger partial charge in [0.15, 0.2) is 0 Å². The topological polar surface area (TPSA) is 58.8 Å². The van der Waals surface area contributed by atoms with Crippen molar-refractivity contribution in [3.05, 3.63) is 0 Å². The van der Waals surface area contributed by atoms with Crippen molar-refractivity contribution >= 4 is 30.7 Å². The van der Waals surface area contributed by atoms with Gasteiger partial charge in [-0.2, -0.15) is 0 Å². The lowest BCUT2D eigenvalue weighted by molar-refractivity contribution is -0.144. The van der Waals surface area contributed by atoms with Crippen LogP contribution in [0.15, 0.2) is 0 Å². The van der Waals surface area contributed by atoms with Crippen molar-refractivity contribution in [2.45, 2.75) is 37.9 Å².